The molecule has 0 aliphatic heterocycles. The van der Waals surface area contributed by atoms with E-state index in [2.05, 4.69) is 6.92 Å². The van der Waals surface area contributed by atoms with Crippen LogP contribution in [0.15, 0.2) is 18.2 Å². The molecule has 0 aromatic heterocycles. The van der Waals surface area contributed by atoms with Crippen LogP contribution in [0, 0.1) is 6.92 Å². The van der Waals surface area contributed by atoms with E-state index in [1.54, 1.807) is 18.2 Å². The van der Waals surface area contributed by atoms with Crippen LogP contribution in [-0.4, -0.2) is 6.61 Å². The second kappa shape index (κ2) is 3.85. The van der Waals surface area contributed by atoms with Gasteiger partial charge < -0.3 is 16.2 Å². The molecule has 0 spiro atoms. The summed E-state index contributed by atoms with van der Waals surface area (Å²) in [5, 5.41) is 0. The molecule has 65 valence electrons. The predicted octanol–water partition coefficient (Wildman–Crippen LogP) is 1.45. The molecule has 0 bridgehead atoms. The first-order valence-electron chi connectivity index (χ1n) is 3.81. The van der Waals surface area contributed by atoms with E-state index in [0.717, 1.165) is 6.42 Å². The van der Waals surface area contributed by atoms with Gasteiger partial charge >= 0.3 is 0 Å². The Balaban J connectivity index is 2.72. The summed E-state index contributed by atoms with van der Waals surface area (Å²) in [5.41, 5.74) is 12.4. The van der Waals surface area contributed by atoms with Gasteiger partial charge in [-0.05, 0) is 31.5 Å². The highest BCUT2D eigenvalue weighted by atomic mass is 16.5. The van der Waals surface area contributed by atoms with Gasteiger partial charge in [-0.2, -0.15) is 0 Å². The smallest absolute Gasteiger partial charge is 0.142 e. The van der Waals surface area contributed by atoms with Crippen molar-refractivity contribution < 1.29 is 4.74 Å². The Kier molecular flexibility index (Phi) is 2.80. The largest absolute Gasteiger partial charge is 0.491 e. The van der Waals surface area contributed by atoms with Crippen molar-refractivity contribution >= 4 is 11.4 Å². The van der Waals surface area contributed by atoms with E-state index in [1.165, 1.54) is 0 Å². The minimum atomic E-state index is 0.573. The number of benzene rings is 1. The van der Waals surface area contributed by atoms with E-state index in [4.69, 9.17) is 16.2 Å². The second-order valence-corrected chi connectivity index (χ2v) is 2.50. The molecule has 1 rings (SSSR count). The van der Waals surface area contributed by atoms with Crippen LogP contribution < -0.4 is 16.2 Å². The van der Waals surface area contributed by atoms with Gasteiger partial charge in [0.2, 0.25) is 0 Å². The molecule has 1 aromatic carbocycles. The maximum absolute atomic E-state index is 5.64. The Bertz CT molecular complexity index is 261. The molecule has 0 unspecified atom stereocenters. The highest BCUT2D eigenvalue weighted by molar-refractivity contribution is 5.60. The van der Waals surface area contributed by atoms with Crippen LogP contribution in [-0.2, 0) is 0 Å². The fraction of sp³-hybridized carbons (Fsp3) is 0.222. The third-order valence-electron chi connectivity index (χ3n) is 1.44. The summed E-state index contributed by atoms with van der Waals surface area (Å²) >= 11 is 0. The van der Waals surface area contributed by atoms with E-state index in [1.807, 2.05) is 0 Å². The number of rotatable bonds is 3. The summed E-state index contributed by atoms with van der Waals surface area (Å²) in [6, 6.07) is 5.20. The molecule has 0 amide bonds. The zero-order valence-corrected chi connectivity index (χ0v) is 6.92. The summed E-state index contributed by atoms with van der Waals surface area (Å²) in [6.07, 6.45) is 0.726. The normalized spacial score (nSPS) is 9.75. The summed E-state index contributed by atoms with van der Waals surface area (Å²) in [5.74, 6) is 0.674. The summed E-state index contributed by atoms with van der Waals surface area (Å²) in [6.45, 7) is 4.23. The Morgan fingerprint density at radius 2 is 2.08 bits per heavy atom. The molecular weight excluding hydrogens is 152 g/mol. The molecule has 12 heavy (non-hydrogen) atoms. The first-order chi connectivity index (χ1) is 5.74. The summed E-state index contributed by atoms with van der Waals surface area (Å²) in [4.78, 5) is 0. The number of anilines is 2. The maximum atomic E-state index is 5.64. The molecular formula is C9H13N2O. The van der Waals surface area contributed by atoms with Gasteiger partial charge in [0.1, 0.15) is 5.75 Å². The molecule has 0 aliphatic carbocycles. The van der Waals surface area contributed by atoms with E-state index < -0.39 is 0 Å². The number of hydrogen-bond acceptors (Lipinski definition) is 3. The van der Waals surface area contributed by atoms with Crippen molar-refractivity contribution in [1.29, 1.82) is 0 Å². The van der Waals surface area contributed by atoms with Gasteiger partial charge in [0.25, 0.3) is 0 Å². The summed E-state index contributed by atoms with van der Waals surface area (Å²) < 4.78 is 5.30. The highest BCUT2D eigenvalue weighted by Gasteiger charge is 1.98. The van der Waals surface area contributed by atoms with Gasteiger partial charge in [0, 0.05) is 5.69 Å². The molecule has 0 saturated carbocycles. The lowest BCUT2D eigenvalue weighted by atomic mass is 10.2. The van der Waals surface area contributed by atoms with Crippen LogP contribution in [0.4, 0.5) is 11.4 Å². The monoisotopic (exact) mass is 165 g/mol. The van der Waals surface area contributed by atoms with Crippen LogP contribution in [0.5, 0.6) is 5.75 Å². The highest BCUT2D eigenvalue weighted by Crippen LogP contribution is 2.23. The average molecular weight is 165 g/mol. The van der Waals surface area contributed by atoms with Crippen molar-refractivity contribution in [1.82, 2.24) is 0 Å². The van der Waals surface area contributed by atoms with Gasteiger partial charge in [-0.15, -0.1) is 0 Å². The van der Waals surface area contributed by atoms with Crippen molar-refractivity contribution in [2.24, 2.45) is 0 Å². The van der Waals surface area contributed by atoms with E-state index in [0.29, 0.717) is 23.7 Å². The topological polar surface area (TPSA) is 61.3 Å². The van der Waals surface area contributed by atoms with E-state index >= 15 is 0 Å². The quantitative estimate of drug-likeness (QED) is 0.666. The molecule has 4 N–H and O–H groups in total. The van der Waals surface area contributed by atoms with Gasteiger partial charge in [0.15, 0.2) is 0 Å². The Labute approximate surface area is 72.3 Å². The number of hydrogen-bond donors (Lipinski definition) is 2. The molecule has 1 aromatic rings. The van der Waals surface area contributed by atoms with Crippen molar-refractivity contribution in [3.63, 3.8) is 0 Å². The van der Waals surface area contributed by atoms with Gasteiger partial charge in [0.05, 0.1) is 12.3 Å². The third-order valence-corrected chi connectivity index (χ3v) is 1.44. The first kappa shape index (κ1) is 8.71. The second-order valence-electron chi connectivity index (χ2n) is 2.50. The minimum Gasteiger partial charge on any atom is -0.491 e. The van der Waals surface area contributed by atoms with Gasteiger partial charge in [-0.1, -0.05) is 0 Å². The average Bonchev–Trinajstić information content (AvgIpc) is 2.03. The van der Waals surface area contributed by atoms with Gasteiger partial charge in [-0.25, -0.2) is 0 Å². The van der Waals surface area contributed by atoms with Crippen molar-refractivity contribution in [3.8, 4) is 5.75 Å². The molecule has 0 atom stereocenters. The Morgan fingerprint density at radius 1 is 1.33 bits per heavy atom. The van der Waals surface area contributed by atoms with Crippen LogP contribution >= 0.6 is 0 Å². The zero-order valence-electron chi connectivity index (χ0n) is 6.92. The number of nitrogen functional groups attached to an aromatic ring is 2. The van der Waals surface area contributed by atoms with E-state index in [9.17, 15) is 0 Å². The van der Waals surface area contributed by atoms with Crippen LogP contribution in [0.25, 0.3) is 0 Å². The van der Waals surface area contributed by atoms with Crippen LogP contribution in [0.2, 0.25) is 0 Å². The molecule has 3 nitrogen and oxygen atoms in total. The van der Waals surface area contributed by atoms with Crippen LogP contribution in [0.1, 0.15) is 6.42 Å². The molecule has 0 aliphatic rings. The van der Waals surface area contributed by atoms with Crippen molar-refractivity contribution in [2.45, 2.75) is 6.42 Å². The fourth-order valence-electron chi connectivity index (χ4n) is 0.881. The fourth-order valence-corrected chi connectivity index (χ4v) is 0.881. The number of ether oxygens (including phenoxy) is 1. The molecule has 0 saturated heterocycles. The molecule has 0 fully saturated rings. The maximum Gasteiger partial charge on any atom is 0.142 e. The summed E-state index contributed by atoms with van der Waals surface area (Å²) in [7, 11) is 0. The minimum absolute atomic E-state index is 0.573. The van der Waals surface area contributed by atoms with Crippen molar-refractivity contribution in [2.75, 3.05) is 18.1 Å². The molecule has 3 heteroatoms. The standard InChI is InChI=1S/C9H13N2O/c1-2-5-12-9-4-3-7(10)6-8(9)11/h3-4,6H,1-2,5,10-11H2. The molecule has 0 heterocycles. The van der Waals surface area contributed by atoms with Crippen molar-refractivity contribution in [3.05, 3.63) is 25.1 Å². The first-order valence-corrected chi connectivity index (χ1v) is 3.81. The number of nitrogens with two attached hydrogens (primary N) is 2. The van der Waals surface area contributed by atoms with Gasteiger partial charge in [-0.3, -0.25) is 0 Å². The Morgan fingerprint density at radius 3 is 2.67 bits per heavy atom. The lowest BCUT2D eigenvalue weighted by Gasteiger charge is -2.07. The lowest BCUT2D eigenvalue weighted by molar-refractivity contribution is 0.326. The van der Waals surface area contributed by atoms with Crippen LogP contribution in [0.3, 0.4) is 0 Å². The molecule has 1 radical (unpaired) electrons. The predicted molar refractivity (Wildman–Crippen MR) is 50.7 cm³/mol. The third kappa shape index (κ3) is 2.05. The Hall–Kier alpha value is -1.38. The van der Waals surface area contributed by atoms with E-state index in [-0.39, 0.29) is 0 Å². The lowest BCUT2D eigenvalue weighted by Crippen LogP contribution is -1.99. The SMILES string of the molecule is [CH2]CCOc1ccc(N)cc1N. The zero-order chi connectivity index (χ0) is 8.97.